The number of alkyl halides is 3. The van der Waals surface area contributed by atoms with Gasteiger partial charge < -0.3 is 13.8 Å². The number of rotatable bonds is 9. The highest BCUT2D eigenvalue weighted by Gasteiger charge is 2.33. The maximum atomic E-state index is 13.2. The summed E-state index contributed by atoms with van der Waals surface area (Å²) in [6.07, 6.45) is -0.177. The van der Waals surface area contributed by atoms with Crippen molar-refractivity contribution in [1.29, 1.82) is 0 Å². The minimum atomic E-state index is -4.70. The monoisotopic (exact) mass is 513 g/mol. The number of carbonyl (C=O) groups is 1. The zero-order valence-corrected chi connectivity index (χ0v) is 20.8. The molecule has 1 amide bonds. The van der Waals surface area contributed by atoms with Crippen LogP contribution in [0.25, 0.3) is 0 Å². The number of methoxy groups -OCH3 is 1. The predicted octanol–water partition coefficient (Wildman–Crippen LogP) is 5.80. The molecule has 0 bridgehead atoms. The molecule has 0 aliphatic heterocycles. The van der Waals surface area contributed by atoms with Gasteiger partial charge in [-0.05, 0) is 62.1 Å². The van der Waals surface area contributed by atoms with Crippen molar-refractivity contribution >= 4 is 16.0 Å². The Morgan fingerprint density at radius 1 is 1.11 bits per heavy atom. The van der Waals surface area contributed by atoms with Gasteiger partial charge in [0.15, 0.2) is 11.5 Å². The van der Waals surface area contributed by atoms with Gasteiger partial charge in [0.05, 0.1) is 12.7 Å². The number of hydrogen-bond acceptors (Lipinski definition) is 5. The predicted molar refractivity (Wildman–Crippen MR) is 125 cm³/mol. The molecule has 1 atom stereocenters. The summed E-state index contributed by atoms with van der Waals surface area (Å²) in [5.41, 5.74) is -0.482. The lowest BCUT2D eigenvalue weighted by Gasteiger charge is -2.31. The average molecular weight is 514 g/mol. The Kier molecular flexibility index (Phi) is 8.35. The fraction of sp³-hybridized carbons (Fsp3) is 0.480. The number of ether oxygens (including phenoxy) is 1. The molecule has 3 rings (SSSR count). The highest BCUT2D eigenvalue weighted by atomic mass is 32.2. The van der Waals surface area contributed by atoms with Crippen LogP contribution in [-0.2, 0) is 27.6 Å². The Morgan fingerprint density at radius 2 is 1.80 bits per heavy atom. The topological polar surface area (TPSA) is 72.9 Å². The Bertz CT molecular complexity index is 1140. The minimum Gasteiger partial charge on any atom is -0.493 e. The average Bonchev–Trinajstić information content (AvgIpc) is 3.36. The third-order valence-electron chi connectivity index (χ3n) is 6.34. The van der Waals surface area contributed by atoms with E-state index >= 15 is 0 Å². The summed E-state index contributed by atoms with van der Waals surface area (Å²) in [4.78, 5) is 14.3. The van der Waals surface area contributed by atoms with Gasteiger partial charge in [-0.3, -0.25) is 4.79 Å². The second-order valence-electron chi connectivity index (χ2n) is 8.75. The van der Waals surface area contributed by atoms with Crippen molar-refractivity contribution in [3.05, 3.63) is 53.6 Å². The number of nitrogens with zero attached hydrogens (tertiary/aromatic N) is 1. The van der Waals surface area contributed by atoms with Crippen LogP contribution in [0.5, 0.6) is 11.5 Å². The second-order valence-corrected chi connectivity index (χ2v) is 10.3. The first kappa shape index (κ1) is 26.8. The largest absolute Gasteiger partial charge is 0.493 e. The Morgan fingerprint density at radius 3 is 2.40 bits per heavy atom. The van der Waals surface area contributed by atoms with E-state index in [0.29, 0.717) is 11.6 Å². The van der Waals surface area contributed by atoms with Crippen molar-refractivity contribution in [2.45, 2.75) is 69.6 Å². The molecule has 1 aliphatic rings. The summed E-state index contributed by atoms with van der Waals surface area (Å²) in [6, 6.07) is 7.99. The van der Waals surface area contributed by atoms with Gasteiger partial charge in [-0.25, -0.2) is 0 Å². The molecule has 1 aliphatic carbocycles. The van der Waals surface area contributed by atoms with Crippen LogP contribution in [0.1, 0.15) is 57.1 Å². The molecule has 2 aromatic rings. The molecule has 6 nitrogen and oxygen atoms in total. The summed E-state index contributed by atoms with van der Waals surface area (Å²) >= 11 is 0. The Balaban J connectivity index is 1.90. The van der Waals surface area contributed by atoms with E-state index in [9.17, 15) is 26.4 Å². The molecule has 1 unspecified atom stereocenters. The summed E-state index contributed by atoms with van der Waals surface area (Å²) in [5.74, 6) is -0.00711. The molecule has 10 heteroatoms. The number of amides is 1. The summed E-state index contributed by atoms with van der Waals surface area (Å²) < 4.78 is 75.2. The van der Waals surface area contributed by atoms with Gasteiger partial charge >= 0.3 is 16.3 Å². The zero-order valence-electron chi connectivity index (χ0n) is 20.0. The lowest BCUT2D eigenvalue weighted by Crippen LogP contribution is -2.40. The van der Waals surface area contributed by atoms with Gasteiger partial charge in [-0.1, -0.05) is 31.9 Å². The summed E-state index contributed by atoms with van der Waals surface area (Å²) in [5, 5.41) is 0. The molecule has 0 aromatic heterocycles. The standard InChI is InChI=1S/C25H30F3NO5S/c1-4-17(2)29(24(30)19-8-5-6-9-19)16-18-12-13-22(33-3)23(14-18)34-35(31,32)21-11-7-10-20(15-21)25(26,27)28/h7,10-15,17,19H,4-6,8-9,16H2,1-3H3. The SMILES string of the molecule is CCC(C)N(Cc1ccc(OC)c(OS(=O)(=O)c2cccc(C(F)(F)F)c2)c1)C(=O)C1CCCC1. The Labute approximate surface area is 204 Å². The van der Waals surface area contributed by atoms with Gasteiger partial charge in [-0.2, -0.15) is 21.6 Å². The van der Waals surface area contributed by atoms with E-state index in [-0.39, 0.29) is 35.9 Å². The van der Waals surface area contributed by atoms with E-state index in [0.717, 1.165) is 50.3 Å². The number of carbonyl (C=O) groups excluding carboxylic acids is 1. The van der Waals surface area contributed by atoms with Crippen LogP contribution < -0.4 is 8.92 Å². The van der Waals surface area contributed by atoms with Gasteiger partial charge in [0.25, 0.3) is 0 Å². The maximum Gasteiger partial charge on any atom is 0.416 e. The van der Waals surface area contributed by atoms with Crippen LogP contribution in [0.3, 0.4) is 0 Å². The van der Waals surface area contributed by atoms with Gasteiger partial charge in [-0.15, -0.1) is 0 Å². The zero-order chi connectivity index (χ0) is 25.8. The Hall–Kier alpha value is -2.75. The maximum absolute atomic E-state index is 13.2. The van der Waals surface area contributed by atoms with Crippen LogP contribution in [0, 0.1) is 5.92 Å². The molecule has 0 saturated heterocycles. The first-order chi connectivity index (χ1) is 16.5. The highest BCUT2D eigenvalue weighted by Crippen LogP contribution is 2.35. The second kappa shape index (κ2) is 10.9. The molecule has 1 saturated carbocycles. The van der Waals surface area contributed by atoms with Gasteiger partial charge in [0.2, 0.25) is 5.91 Å². The van der Waals surface area contributed by atoms with Crippen molar-refractivity contribution in [2.75, 3.05) is 7.11 Å². The summed E-state index contributed by atoms with van der Waals surface area (Å²) in [7, 11) is -3.26. The van der Waals surface area contributed by atoms with Crippen LogP contribution in [0.4, 0.5) is 13.2 Å². The smallest absolute Gasteiger partial charge is 0.416 e. The quantitative estimate of drug-likeness (QED) is 0.397. The molecule has 2 aromatic carbocycles. The summed E-state index contributed by atoms with van der Waals surface area (Å²) in [6.45, 7) is 4.20. The van der Waals surface area contributed by atoms with Crippen LogP contribution >= 0.6 is 0 Å². The van der Waals surface area contributed by atoms with Crippen molar-refractivity contribution in [1.82, 2.24) is 4.90 Å². The number of hydrogen-bond donors (Lipinski definition) is 0. The molecule has 0 N–H and O–H groups in total. The normalized spacial score (nSPS) is 15.6. The first-order valence-electron chi connectivity index (χ1n) is 11.6. The molecule has 0 spiro atoms. The molecule has 1 fully saturated rings. The van der Waals surface area contributed by atoms with Gasteiger partial charge in [0.1, 0.15) is 4.90 Å². The van der Waals surface area contributed by atoms with Gasteiger partial charge in [0, 0.05) is 18.5 Å². The molecule has 0 heterocycles. The number of benzene rings is 2. The van der Waals surface area contributed by atoms with Crippen LogP contribution in [0.15, 0.2) is 47.4 Å². The van der Waals surface area contributed by atoms with Crippen LogP contribution in [0.2, 0.25) is 0 Å². The van der Waals surface area contributed by atoms with E-state index in [4.69, 9.17) is 8.92 Å². The third-order valence-corrected chi connectivity index (χ3v) is 7.57. The minimum absolute atomic E-state index is 0.0146. The van der Waals surface area contributed by atoms with E-state index in [1.807, 2.05) is 13.8 Å². The number of halogens is 3. The van der Waals surface area contributed by atoms with E-state index < -0.39 is 26.8 Å². The lowest BCUT2D eigenvalue weighted by atomic mass is 10.0. The third kappa shape index (κ3) is 6.48. The van der Waals surface area contributed by atoms with E-state index in [1.165, 1.54) is 19.2 Å². The first-order valence-corrected chi connectivity index (χ1v) is 13.0. The molecular formula is C25H30F3NO5S. The van der Waals surface area contributed by atoms with Crippen molar-refractivity contribution in [3.8, 4) is 11.5 Å². The fourth-order valence-corrected chi connectivity index (χ4v) is 5.13. The van der Waals surface area contributed by atoms with Crippen molar-refractivity contribution in [2.24, 2.45) is 5.92 Å². The van der Waals surface area contributed by atoms with Crippen molar-refractivity contribution < 1.29 is 35.3 Å². The van der Waals surface area contributed by atoms with Crippen LogP contribution in [-0.4, -0.2) is 32.4 Å². The fourth-order valence-electron chi connectivity index (χ4n) is 4.15. The lowest BCUT2D eigenvalue weighted by molar-refractivity contribution is -0.138. The molecule has 35 heavy (non-hydrogen) atoms. The van der Waals surface area contributed by atoms with Crippen molar-refractivity contribution in [3.63, 3.8) is 0 Å². The van der Waals surface area contributed by atoms with E-state index in [2.05, 4.69) is 0 Å². The molecule has 192 valence electrons. The molecule has 0 radical (unpaired) electrons. The van der Waals surface area contributed by atoms with E-state index in [1.54, 1.807) is 11.0 Å². The highest BCUT2D eigenvalue weighted by molar-refractivity contribution is 7.87. The molecular weight excluding hydrogens is 483 g/mol.